The summed E-state index contributed by atoms with van der Waals surface area (Å²) in [6, 6.07) is -1.02. The van der Waals surface area contributed by atoms with Gasteiger partial charge in [-0.2, -0.15) is 0 Å². The molecule has 0 aliphatic carbocycles. The number of nitrogens with one attached hydrogen (secondary N) is 1. The first-order valence-electron chi connectivity index (χ1n) is 9.70. The number of aliphatic hydroxyl groups excluding tert-OH is 2. The predicted molar refractivity (Wildman–Crippen MR) is 99.2 cm³/mol. The van der Waals surface area contributed by atoms with Crippen LogP contribution in [0.25, 0.3) is 0 Å². The van der Waals surface area contributed by atoms with Crippen molar-refractivity contribution < 1.29 is 29.0 Å². The van der Waals surface area contributed by atoms with E-state index in [2.05, 4.69) is 15.5 Å². The highest BCUT2D eigenvalue weighted by Gasteiger charge is 2.60. The molecule has 2 aliphatic rings. The second-order valence-corrected chi connectivity index (χ2v) is 8.65. The Hall–Kier alpha value is -2.24. The summed E-state index contributed by atoms with van der Waals surface area (Å²) in [5, 5.41) is 31.1. The molecule has 29 heavy (non-hydrogen) atoms. The number of β-lactam (4-membered cyclic amide) rings is 1. The van der Waals surface area contributed by atoms with E-state index in [0.29, 0.717) is 25.4 Å². The number of aliphatic hydroxyl groups is 2. The number of hydrogen-bond acceptors (Lipinski definition) is 9. The third-order valence-corrected chi connectivity index (χ3v) is 5.25. The molecular formula is C18H29N5O6. The fourth-order valence-corrected chi connectivity index (χ4v) is 3.98. The van der Waals surface area contributed by atoms with Crippen molar-refractivity contribution in [1.29, 1.82) is 0 Å². The van der Waals surface area contributed by atoms with Gasteiger partial charge in [0.1, 0.15) is 17.4 Å². The number of carbonyl (C=O) groups is 2. The molecule has 0 saturated carbocycles. The van der Waals surface area contributed by atoms with E-state index in [4.69, 9.17) is 9.15 Å². The Morgan fingerprint density at radius 2 is 2.17 bits per heavy atom. The molecule has 1 aromatic heterocycles. The summed E-state index contributed by atoms with van der Waals surface area (Å²) in [6.07, 6.45) is -0.539. The fraction of sp³-hybridized carbons (Fsp3) is 0.778. The van der Waals surface area contributed by atoms with Crippen molar-refractivity contribution in [1.82, 2.24) is 25.3 Å². The van der Waals surface area contributed by atoms with Gasteiger partial charge in [-0.15, -0.1) is 10.2 Å². The Morgan fingerprint density at radius 3 is 2.72 bits per heavy atom. The van der Waals surface area contributed by atoms with Gasteiger partial charge < -0.3 is 29.6 Å². The van der Waals surface area contributed by atoms with E-state index in [1.54, 1.807) is 30.6 Å². The van der Waals surface area contributed by atoms with Crippen molar-refractivity contribution in [2.75, 3.05) is 13.1 Å². The Bertz CT molecular complexity index is 734. The van der Waals surface area contributed by atoms with Crippen molar-refractivity contribution in [3.63, 3.8) is 0 Å². The molecule has 0 aromatic carbocycles. The maximum absolute atomic E-state index is 12.9. The third-order valence-electron chi connectivity index (χ3n) is 5.25. The van der Waals surface area contributed by atoms with Crippen LogP contribution in [0, 0.1) is 0 Å². The van der Waals surface area contributed by atoms with Gasteiger partial charge in [-0.3, -0.25) is 9.69 Å². The van der Waals surface area contributed by atoms with Gasteiger partial charge in [0.25, 0.3) is 0 Å². The largest absolute Gasteiger partial charge is 0.444 e. The number of ether oxygens (including phenoxy) is 1. The molecule has 3 heterocycles. The Kier molecular flexibility index (Phi) is 5.84. The zero-order chi connectivity index (χ0) is 21.4. The molecule has 3 N–H and O–H groups in total. The van der Waals surface area contributed by atoms with E-state index in [-0.39, 0.29) is 12.5 Å². The first kappa shape index (κ1) is 21.5. The van der Waals surface area contributed by atoms with Crippen LogP contribution in [0.3, 0.4) is 0 Å². The van der Waals surface area contributed by atoms with Crippen LogP contribution >= 0.6 is 0 Å². The number of alkyl carbamates (subject to hydrolysis) is 1. The van der Waals surface area contributed by atoms with Crippen molar-refractivity contribution in [3.8, 4) is 0 Å². The molecule has 2 fully saturated rings. The highest BCUT2D eigenvalue weighted by Crippen LogP contribution is 2.41. The molecule has 11 heteroatoms. The van der Waals surface area contributed by atoms with Crippen molar-refractivity contribution >= 4 is 12.0 Å². The van der Waals surface area contributed by atoms with Gasteiger partial charge >= 0.3 is 6.09 Å². The minimum Gasteiger partial charge on any atom is -0.444 e. The number of amides is 2. The SMILES string of the molecule is C[C@@H](O)[C@H](NC(=O)OC(C)(C)C)C(O)N1CCCC12CN(Cc1nnco1)C2=O. The lowest BCUT2D eigenvalue weighted by molar-refractivity contribution is -0.178. The average molecular weight is 411 g/mol. The minimum absolute atomic E-state index is 0.145. The molecule has 3 rings (SSSR count). The molecule has 162 valence electrons. The monoisotopic (exact) mass is 411 g/mol. The molecule has 1 spiro atoms. The number of nitrogens with zero attached hydrogens (tertiary/aromatic N) is 4. The van der Waals surface area contributed by atoms with Gasteiger partial charge in [0, 0.05) is 13.1 Å². The predicted octanol–water partition coefficient (Wildman–Crippen LogP) is -0.161. The van der Waals surface area contributed by atoms with Gasteiger partial charge in [-0.1, -0.05) is 0 Å². The topological polar surface area (TPSA) is 141 Å². The Balaban J connectivity index is 1.68. The molecule has 0 radical (unpaired) electrons. The number of aromatic nitrogens is 2. The van der Waals surface area contributed by atoms with Crippen molar-refractivity contribution in [3.05, 3.63) is 12.3 Å². The number of likely N-dealkylation sites (tertiary alicyclic amines) is 2. The summed E-state index contributed by atoms with van der Waals surface area (Å²) in [5.41, 5.74) is -1.57. The van der Waals surface area contributed by atoms with E-state index < -0.39 is 35.6 Å². The number of carbonyl (C=O) groups excluding carboxylic acids is 2. The quantitative estimate of drug-likeness (QED) is 0.544. The molecule has 2 saturated heterocycles. The molecule has 11 nitrogen and oxygen atoms in total. The lowest BCUT2D eigenvalue weighted by Gasteiger charge is -2.53. The molecule has 0 bridgehead atoms. The highest BCUT2D eigenvalue weighted by molar-refractivity contribution is 5.93. The van der Waals surface area contributed by atoms with Crippen molar-refractivity contribution in [2.24, 2.45) is 0 Å². The molecule has 1 aromatic rings. The second kappa shape index (κ2) is 7.88. The Labute approximate surface area is 169 Å². The summed E-state index contributed by atoms with van der Waals surface area (Å²) in [5.74, 6) is 0.195. The lowest BCUT2D eigenvalue weighted by atomic mass is 9.85. The maximum Gasteiger partial charge on any atom is 0.408 e. The van der Waals surface area contributed by atoms with Crippen LogP contribution in [0.5, 0.6) is 0 Å². The zero-order valence-electron chi connectivity index (χ0n) is 17.2. The van der Waals surface area contributed by atoms with Gasteiger partial charge in [0.15, 0.2) is 0 Å². The Morgan fingerprint density at radius 1 is 1.45 bits per heavy atom. The molecule has 2 unspecified atom stereocenters. The van der Waals surface area contributed by atoms with Crippen LogP contribution < -0.4 is 5.32 Å². The second-order valence-electron chi connectivity index (χ2n) is 8.65. The first-order chi connectivity index (χ1) is 13.5. The van der Waals surface area contributed by atoms with Crippen LogP contribution in [-0.2, 0) is 16.1 Å². The summed E-state index contributed by atoms with van der Waals surface area (Å²) in [4.78, 5) is 28.3. The summed E-state index contributed by atoms with van der Waals surface area (Å²) >= 11 is 0. The van der Waals surface area contributed by atoms with Gasteiger partial charge in [0.2, 0.25) is 18.2 Å². The summed E-state index contributed by atoms with van der Waals surface area (Å²) < 4.78 is 10.3. The average Bonchev–Trinajstić information content (AvgIpc) is 3.27. The van der Waals surface area contributed by atoms with E-state index in [1.165, 1.54) is 13.3 Å². The van der Waals surface area contributed by atoms with Crippen LogP contribution in [0.2, 0.25) is 0 Å². The van der Waals surface area contributed by atoms with E-state index in [0.717, 1.165) is 6.42 Å². The minimum atomic E-state index is -1.25. The molecule has 2 aliphatic heterocycles. The summed E-state index contributed by atoms with van der Waals surface area (Å²) in [6.45, 7) is 7.71. The zero-order valence-corrected chi connectivity index (χ0v) is 17.2. The van der Waals surface area contributed by atoms with Crippen molar-refractivity contribution in [2.45, 2.75) is 76.6 Å². The number of hydrogen-bond donors (Lipinski definition) is 3. The van der Waals surface area contributed by atoms with Crippen LogP contribution in [0.4, 0.5) is 4.79 Å². The van der Waals surface area contributed by atoms with Gasteiger partial charge in [-0.25, -0.2) is 4.79 Å². The van der Waals surface area contributed by atoms with Crippen LogP contribution in [-0.4, -0.2) is 84.8 Å². The van der Waals surface area contributed by atoms with Gasteiger partial charge in [-0.05, 0) is 40.5 Å². The van der Waals surface area contributed by atoms with E-state index in [9.17, 15) is 19.8 Å². The van der Waals surface area contributed by atoms with Crippen LogP contribution in [0.1, 0.15) is 46.4 Å². The number of rotatable bonds is 6. The fourth-order valence-electron chi connectivity index (χ4n) is 3.98. The third kappa shape index (κ3) is 4.36. The van der Waals surface area contributed by atoms with Crippen LogP contribution in [0.15, 0.2) is 10.8 Å². The molecule has 4 atom stereocenters. The van der Waals surface area contributed by atoms with Gasteiger partial charge in [0.05, 0.1) is 18.7 Å². The molecule has 2 amide bonds. The summed E-state index contributed by atoms with van der Waals surface area (Å²) in [7, 11) is 0. The smallest absolute Gasteiger partial charge is 0.408 e. The molecular weight excluding hydrogens is 382 g/mol. The normalized spacial score (nSPS) is 25.6. The first-order valence-corrected chi connectivity index (χ1v) is 9.70. The van der Waals surface area contributed by atoms with E-state index >= 15 is 0 Å². The lowest BCUT2D eigenvalue weighted by Crippen LogP contribution is -2.75. The standard InChI is InChI=1S/C18H29N5O6/c1-11(24)13(20-16(27)29-17(2,3)4)14(25)23-7-5-6-18(23)9-22(15(18)26)8-12-21-19-10-28-12/h10-11,13-14,24-25H,5-9H2,1-4H3,(H,20,27)/t11-,13+,14?,18?/m1/s1. The highest BCUT2D eigenvalue weighted by atomic mass is 16.6. The maximum atomic E-state index is 12.9. The van der Waals surface area contributed by atoms with E-state index in [1.807, 2.05) is 0 Å².